The van der Waals surface area contributed by atoms with E-state index in [1.54, 1.807) is 0 Å². The Hall–Kier alpha value is -3.17. The lowest BCUT2D eigenvalue weighted by atomic mass is 10.0. The van der Waals surface area contributed by atoms with Gasteiger partial charge in [-0.3, -0.25) is 14.2 Å². The number of hydrogen-bond acceptors (Lipinski definition) is 4. The number of thiophene rings is 1. The van der Waals surface area contributed by atoms with Gasteiger partial charge in [0.15, 0.2) is 0 Å². The molecule has 1 N–H and O–H groups in total. The zero-order chi connectivity index (χ0) is 24.6. The van der Waals surface area contributed by atoms with E-state index in [0.29, 0.717) is 15.8 Å². The van der Waals surface area contributed by atoms with Crippen LogP contribution in [0.25, 0.3) is 21.3 Å². The van der Waals surface area contributed by atoms with E-state index in [-0.39, 0.29) is 10.7 Å². The monoisotopic (exact) mass is 505 g/mol. The molecule has 1 amide bonds. The number of benzene rings is 2. The van der Waals surface area contributed by atoms with Crippen molar-refractivity contribution in [1.82, 2.24) is 9.55 Å². The predicted molar refractivity (Wildman–Crippen MR) is 128 cm³/mol. The van der Waals surface area contributed by atoms with Gasteiger partial charge in [-0.05, 0) is 42.7 Å². The van der Waals surface area contributed by atoms with Crippen molar-refractivity contribution in [3.8, 4) is 11.1 Å². The fourth-order valence-electron chi connectivity index (χ4n) is 3.51. The van der Waals surface area contributed by atoms with Gasteiger partial charge in [0.2, 0.25) is 5.91 Å². The van der Waals surface area contributed by atoms with Crippen molar-refractivity contribution in [2.45, 2.75) is 32.5 Å². The highest BCUT2D eigenvalue weighted by atomic mass is 35.5. The van der Waals surface area contributed by atoms with E-state index in [2.05, 4.69) is 17.2 Å². The van der Waals surface area contributed by atoms with Gasteiger partial charge in [0, 0.05) is 10.9 Å². The largest absolute Gasteiger partial charge is 0.416 e. The van der Waals surface area contributed by atoms with E-state index in [1.165, 1.54) is 24.6 Å². The SMILES string of the molecule is CCc1ccc(-c2csc3ncn(C(C)C(=O)Nc4cc(C(F)(F)F)ccc4Cl)c(=O)c23)cc1. The van der Waals surface area contributed by atoms with E-state index >= 15 is 0 Å². The Labute approximate surface area is 201 Å². The van der Waals surface area contributed by atoms with Crippen molar-refractivity contribution in [2.75, 3.05) is 5.32 Å². The van der Waals surface area contributed by atoms with Gasteiger partial charge in [0.25, 0.3) is 5.56 Å². The Morgan fingerprint density at radius 2 is 1.91 bits per heavy atom. The maximum Gasteiger partial charge on any atom is 0.416 e. The molecule has 0 aliphatic carbocycles. The average Bonchev–Trinajstić information content (AvgIpc) is 3.24. The number of nitrogens with one attached hydrogen (secondary N) is 1. The second-order valence-corrected chi connectivity index (χ2v) is 8.96. The zero-order valence-corrected chi connectivity index (χ0v) is 19.7. The molecule has 2 aromatic carbocycles. The van der Waals surface area contributed by atoms with E-state index in [4.69, 9.17) is 11.6 Å². The van der Waals surface area contributed by atoms with Crippen LogP contribution in [-0.2, 0) is 17.4 Å². The molecule has 176 valence electrons. The van der Waals surface area contributed by atoms with Crippen LogP contribution in [0.15, 0.2) is 59.0 Å². The highest BCUT2D eigenvalue weighted by molar-refractivity contribution is 7.17. The van der Waals surface area contributed by atoms with E-state index < -0.39 is 29.2 Å². The lowest BCUT2D eigenvalue weighted by Gasteiger charge is -2.17. The van der Waals surface area contributed by atoms with Gasteiger partial charge in [0.1, 0.15) is 10.9 Å². The third-order valence-electron chi connectivity index (χ3n) is 5.54. The molecule has 0 saturated carbocycles. The number of aryl methyl sites for hydroxylation is 1. The number of hydrogen-bond donors (Lipinski definition) is 1. The molecule has 34 heavy (non-hydrogen) atoms. The molecule has 10 heteroatoms. The van der Waals surface area contributed by atoms with Crippen molar-refractivity contribution in [3.63, 3.8) is 0 Å². The van der Waals surface area contributed by atoms with Gasteiger partial charge in [-0.1, -0.05) is 42.8 Å². The van der Waals surface area contributed by atoms with Crippen LogP contribution in [0.5, 0.6) is 0 Å². The standard InChI is InChI=1S/C24H19ClF3N3O2S/c1-3-14-4-6-15(7-5-14)17-11-34-22-20(17)23(33)31(12-29-22)13(2)21(32)30-19-10-16(24(26,27)28)8-9-18(19)25/h4-13H,3H2,1-2H3,(H,30,32). The molecule has 0 saturated heterocycles. The number of alkyl halides is 3. The Balaban J connectivity index is 1.68. The van der Waals surface area contributed by atoms with Crippen molar-refractivity contribution >= 4 is 44.7 Å². The minimum absolute atomic E-state index is 0.0508. The molecule has 0 aliphatic heterocycles. The molecule has 2 aromatic heterocycles. The second kappa shape index (κ2) is 9.23. The fourth-order valence-corrected chi connectivity index (χ4v) is 4.59. The van der Waals surface area contributed by atoms with Crippen molar-refractivity contribution in [2.24, 2.45) is 0 Å². The van der Waals surface area contributed by atoms with Crippen LogP contribution < -0.4 is 10.9 Å². The van der Waals surface area contributed by atoms with Crippen molar-refractivity contribution in [3.05, 3.63) is 80.7 Å². The van der Waals surface area contributed by atoms with E-state index in [0.717, 1.165) is 40.3 Å². The molecule has 1 atom stereocenters. The number of aromatic nitrogens is 2. The Morgan fingerprint density at radius 1 is 1.21 bits per heavy atom. The van der Waals surface area contributed by atoms with Gasteiger partial charge < -0.3 is 5.32 Å². The summed E-state index contributed by atoms with van der Waals surface area (Å²) < 4.78 is 40.3. The second-order valence-electron chi connectivity index (χ2n) is 7.69. The van der Waals surface area contributed by atoms with Gasteiger partial charge in [-0.15, -0.1) is 11.3 Å². The van der Waals surface area contributed by atoms with Crippen LogP contribution >= 0.6 is 22.9 Å². The number of rotatable bonds is 5. The van der Waals surface area contributed by atoms with Crippen LogP contribution in [0.3, 0.4) is 0 Å². The quantitative estimate of drug-likeness (QED) is 0.334. The van der Waals surface area contributed by atoms with Gasteiger partial charge in [-0.2, -0.15) is 13.2 Å². The number of anilines is 1. The molecule has 4 rings (SSSR count). The summed E-state index contributed by atoms with van der Waals surface area (Å²) in [5, 5.41) is 4.57. The van der Waals surface area contributed by atoms with E-state index in [1.807, 2.05) is 29.6 Å². The first-order chi connectivity index (χ1) is 16.1. The summed E-state index contributed by atoms with van der Waals surface area (Å²) in [5.74, 6) is -0.700. The first-order valence-corrected chi connectivity index (χ1v) is 11.6. The van der Waals surface area contributed by atoms with Crippen LogP contribution in [-0.4, -0.2) is 15.5 Å². The molecule has 0 spiro atoms. The maximum atomic E-state index is 13.3. The molecule has 4 aromatic rings. The summed E-state index contributed by atoms with van der Waals surface area (Å²) in [6, 6.07) is 9.44. The molecule has 0 radical (unpaired) electrons. The highest BCUT2D eigenvalue weighted by Gasteiger charge is 2.31. The van der Waals surface area contributed by atoms with Crippen molar-refractivity contribution < 1.29 is 18.0 Å². The summed E-state index contributed by atoms with van der Waals surface area (Å²) in [6.07, 6.45) is -2.43. The van der Waals surface area contributed by atoms with Gasteiger partial charge in [0.05, 0.1) is 28.0 Å². The Morgan fingerprint density at radius 3 is 2.56 bits per heavy atom. The van der Waals surface area contributed by atoms with E-state index in [9.17, 15) is 22.8 Å². The Bertz CT molecular complexity index is 1430. The normalized spacial score (nSPS) is 12.6. The predicted octanol–water partition coefficient (Wildman–Crippen LogP) is 6.56. The summed E-state index contributed by atoms with van der Waals surface area (Å²) in [7, 11) is 0. The zero-order valence-electron chi connectivity index (χ0n) is 18.1. The molecular weight excluding hydrogens is 487 g/mol. The minimum Gasteiger partial charge on any atom is -0.323 e. The number of amides is 1. The maximum absolute atomic E-state index is 13.3. The highest BCUT2D eigenvalue weighted by Crippen LogP contribution is 2.34. The van der Waals surface area contributed by atoms with Crippen molar-refractivity contribution in [1.29, 1.82) is 0 Å². The summed E-state index contributed by atoms with van der Waals surface area (Å²) in [4.78, 5) is 31.0. The number of fused-ring (bicyclic) bond motifs is 1. The third-order valence-corrected chi connectivity index (χ3v) is 6.76. The van der Waals surface area contributed by atoms with Gasteiger partial charge in [-0.25, -0.2) is 4.98 Å². The summed E-state index contributed by atoms with van der Waals surface area (Å²) >= 11 is 7.31. The number of nitrogens with zero attached hydrogens (tertiary/aromatic N) is 2. The minimum atomic E-state index is -4.59. The number of halogens is 4. The molecule has 5 nitrogen and oxygen atoms in total. The van der Waals surface area contributed by atoms with Gasteiger partial charge >= 0.3 is 6.18 Å². The number of carbonyl (C=O) groups is 1. The average molecular weight is 506 g/mol. The third kappa shape index (κ3) is 4.58. The molecule has 0 fully saturated rings. The molecule has 2 heterocycles. The lowest BCUT2D eigenvalue weighted by molar-refractivity contribution is -0.137. The first kappa shape index (κ1) is 24.0. The first-order valence-electron chi connectivity index (χ1n) is 10.4. The van der Waals surface area contributed by atoms with Crippen LogP contribution in [0.2, 0.25) is 5.02 Å². The Kier molecular flexibility index (Phi) is 6.51. The number of carbonyl (C=O) groups excluding carboxylic acids is 1. The summed E-state index contributed by atoms with van der Waals surface area (Å²) in [5.41, 5.74) is 1.17. The van der Waals surface area contributed by atoms with Crippen LogP contribution in [0.4, 0.5) is 18.9 Å². The molecule has 1 unspecified atom stereocenters. The smallest absolute Gasteiger partial charge is 0.323 e. The molecule has 0 aliphatic rings. The topological polar surface area (TPSA) is 64.0 Å². The lowest BCUT2D eigenvalue weighted by Crippen LogP contribution is -2.31. The molecular formula is C24H19ClF3N3O2S. The summed E-state index contributed by atoms with van der Waals surface area (Å²) in [6.45, 7) is 3.52. The van der Waals surface area contributed by atoms with Crippen LogP contribution in [0.1, 0.15) is 31.0 Å². The fraction of sp³-hybridized carbons (Fsp3) is 0.208. The molecule has 0 bridgehead atoms. The van der Waals surface area contributed by atoms with Crippen LogP contribution in [0, 0.1) is 0 Å².